The normalized spacial score (nSPS) is 11.6. The van der Waals surface area contributed by atoms with Crippen molar-refractivity contribution in [1.29, 1.82) is 0 Å². The van der Waals surface area contributed by atoms with Crippen LogP contribution in [0.5, 0.6) is 11.5 Å². The van der Waals surface area contributed by atoms with E-state index in [1.807, 2.05) is 34.0 Å². The Kier molecular flexibility index (Phi) is 13.6. The van der Waals surface area contributed by atoms with E-state index in [-0.39, 0.29) is 34.9 Å². The highest BCUT2D eigenvalue weighted by atomic mass is 19.1. The van der Waals surface area contributed by atoms with Crippen LogP contribution >= 0.6 is 0 Å². The molecule has 2 amide bonds. The average Bonchev–Trinajstić information content (AvgIpc) is 3.82. The molecule has 6 aromatic rings. The molecule has 4 heterocycles. The Balaban J connectivity index is 0.981. The number of rotatable bonds is 18. The van der Waals surface area contributed by atoms with Gasteiger partial charge in [-0.25, -0.2) is 28.7 Å². The number of amides is 2. The van der Waals surface area contributed by atoms with Gasteiger partial charge in [0.1, 0.15) is 0 Å². The SMILES string of the molecule is CNC(=O)c1cc(CCc2cnc(Nc3cnn(C(C)CCNC(=O)c4cc(CCc5cnc(Nc6c(C)nn(C)c6C)nc5)c(F)c(OC)c4)c3)nc2)c(F)c(OC)c1. The van der Waals surface area contributed by atoms with E-state index >= 15 is 4.39 Å². The molecule has 0 saturated carbocycles. The fourth-order valence-corrected chi connectivity index (χ4v) is 6.50. The Hall–Kier alpha value is -6.98. The second-order valence-electron chi connectivity index (χ2n) is 14.2. The van der Waals surface area contributed by atoms with Crippen LogP contribution in [-0.4, -0.2) is 79.1 Å². The topological polar surface area (TPSA) is 188 Å². The molecule has 0 radical (unpaired) electrons. The molecule has 18 heteroatoms. The molecular weight excluding hydrogens is 775 g/mol. The number of carbonyl (C=O) groups is 2. The minimum Gasteiger partial charge on any atom is -0.494 e. The standard InChI is InChI=1S/C42H48F2N12O4/c1-24(56-23-33(22-51-56)52-41-47-18-27(19-48-41)8-10-29-14-31(39(57)45-4)16-34(59-6)36(29)43)12-13-46-40(58)32-15-30(37(44)35(17-32)60-7)11-9-28-20-49-42(50-21-28)53-38-25(2)54-55(5)26(38)3/h14-24H,8-13H2,1-7H3,(H,45,57)(H,46,58)(H,47,48,52)(H,49,50,53). The molecule has 1 atom stereocenters. The highest BCUT2D eigenvalue weighted by Gasteiger charge is 2.18. The van der Waals surface area contributed by atoms with E-state index in [0.717, 1.165) is 28.2 Å². The van der Waals surface area contributed by atoms with Gasteiger partial charge < -0.3 is 30.7 Å². The maximum atomic E-state index is 15.3. The zero-order valence-electron chi connectivity index (χ0n) is 34.6. The summed E-state index contributed by atoms with van der Waals surface area (Å²) in [5, 5.41) is 20.7. The van der Waals surface area contributed by atoms with Gasteiger partial charge in [0.15, 0.2) is 23.1 Å². The monoisotopic (exact) mass is 822 g/mol. The smallest absolute Gasteiger partial charge is 0.251 e. The third-order valence-electron chi connectivity index (χ3n) is 10.1. The molecule has 4 N–H and O–H groups in total. The molecule has 0 aliphatic heterocycles. The minimum absolute atomic E-state index is 0.00421. The second-order valence-corrected chi connectivity index (χ2v) is 14.2. The number of methoxy groups -OCH3 is 2. The van der Waals surface area contributed by atoms with Gasteiger partial charge in [0.2, 0.25) is 11.9 Å². The number of aryl methyl sites for hydroxylation is 6. The molecule has 1 unspecified atom stereocenters. The highest BCUT2D eigenvalue weighted by Crippen LogP contribution is 2.27. The van der Waals surface area contributed by atoms with E-state index in [1.54, 1.807) is 46.4 Å². The Labute approximate surface area is 346 Å². The molecule has 0 aliphatic rings. The minimum atomic E-state index is -0.520. The summed E-state index contributed by atoms with van der Waals surface area (Å²) in [5.74, 6) is -0.945. The van der Waals surface area contributed by atoms with E-state index in [2.05, 4.69) is 51.4 Å². The van der Waals surface area contributed by atoms with E-state index in [1.165, 1.54) is 39.5 Å². The second kappa shape index (κ2) is 19.2. The van der Waals surface area contributed by atoms with Crippen LogP contribution in [0.3, 0.4) is 0 Å². The van der Waals surface area contributed by atoms with Crippen molar-refractivity contribution in [3.63, 3.8) is 0 Å². The van der Waals surface area contributed by atoms with E-state index in [0.29, 0.717) is 72.9 Å². The summed E-state index contributed by atoms with van der Waals surface area (Å²) >= 11 is 0. The van der Waals surface area contributed by atoms with Crippen LogP contribution in [-0.2, 0) is 32.7 Å². The molecule has 6 rings (SSSR count). The van der Waals surface area contributed by atoms with Crippen molar-refractivity contribution in [2.45, 2.75) is 58.9 Å². The van der Waals surface area contributed by atoms with E-state index < -0.39 is 11.6 Å². The van der Waals surface area contributed by atoms with Gasteiger partial charge in [-0.05, 0) is 99.4 Å². The zero-order chi connectivity index (χ0) is 42.9. The fraction of sp³-hybridized carbons (Fsp3) is 0.333. The number of nitrogens with zero attached hydrogens (tertiary/aromatic N) is 8. The maximum Gasteiger partial charge on any atom is 0.251 e. The number of benzene rings is 2. The Morgan fingerprint density at radius 3 is 1.80 bits per heavy atom. The molecule has 0 spiro atoms. The predicted octanol–water partition coefficient (Wildman–Crippen LogP) is 5.91. The number of aromatic nitrogens is 8. The summed E-state index contributed by atoms with van der Waals surface area (Å²) in [4.78, 5) is 43.0. The van der Waals surface area contributed by atoms with Crippen molar-refractivity contribution in [2.75, 3.05) is 38.4 Å². The van der Waals surface area contributed by atoms with Crippen molar-refractivity contribution < 1.29 is 27.8 Å². The lowest BCUT2D eigenvalue weighted by Crippen LogP contribution is -2.26. The molecule has 0 fully saturated rings. The molecule has 60 heavy (non-hydrogen) atoms. The number of halogens is 2. The van der Waals surface area contributed by atoms with Gasteiger partial charge in [0.25, 0.3) is 11.8 Å². The van der Waals surface area contributed by atoms with E-state index in [9.17, 15) is 14.0 Å². The van der Waals surface area contributed by atoms with Crippen molar-refractivity contribution in [1.82, 2.24) is 50.1 Å². The fourth-order valence-electron chi connectivity index (χ4n) is 6.50. The number of anilines is 4. The lowest BCUT2D eigenvalue weighted by molar-refractivity contribution is 0.0947. The number of hydrogen-bond acceptors (Lipinski definition) is 12. The Morgan fingerprint density at radius 2 is 1.30 bits per heavy atom. The first-order valence-electron chi connectivity index (χ1n) is 19.3. The van der Waals surface area contributed by atoms with Crippen LogP contribution in [0.2, 0.25) is 0 Å². The predicted molar refractivity (Wildman–Crippen MR) is 221 cm³/mol. The number of carbonyl (C=O) groups excluding carboxylic acids is 2. The van der Waals surface area contributed by atoms with Gasteiger partial charge in [0, 0.05) is 62.8 Å². The van der Waals surface area contributed by atoms with Crippen molar-refractivity contribution in [3.8, 4) is 11.5 Å². The van der Waals surface area contributed by atoms with Gasteiger partial charge in [-0.15, -0.1) is 0 Å². The third-order valence-corrected chi connectivity index (χ3v) is 10.1. The first-order chi connectivity index (χ1) is 28.9. The maximum absolute atomic E-state index is 15.3. The molecule has 0 aliphatic carbocycles. The summed E-state index contributed by atoms with van der Waals surface area (Å²) in [5.41, 5.74) is 6.18. The van der Waals surface area contributed by atoms with Gasteiger partial charge in [-0.2, -0.15) is 10.2 Å². The molecule has 4 aromatic heterocycles. The lowest BCUT2D eigenvalue weighted by atomic mass is 10.0. The van der Waals surface area contributed by atoms with Crippen molar-refractivity contribution in [3.05, 3.63) is 118 Å². The Bertz CT molecular complexity index is 2450. The van der Waals surface area contributed by atoms with Crippen LogP contribution in [0.4, 0.5) is 32.1 Å². The van der Waals surface area contributed by atoms with Gasteiger partial charge >= 0.3 is 0 Å². The third kappa shape index (κ3) is 10.2. The summed E-state index contributed by atoms with van der Waals surface area (Å²) < 4.78 is 44.2. The van der Waals surface area contributed by atoms with Crippen LogP contribution in [0, 0.1) is 25.5 Å². The van der Waals surface area contributed by atoms with Gasteiger partial charge in [-0.1, -0.05) is 0 Å². The number of nitrogens with one attached hydrogen (secondary N) is 4. The molecule has 0 saturated heterocycles. The van der Waals surface area contributed by atoms with Gasteiger partial charge in [0.05, 0.1) is 49.2 Å². The quantitative estimate of drug-likeness (QED) is 0.0805. The Morgan fingerprint density at radius 1 is 0.767 bits per heavy atom. The lowest BCUT2D eigenvalue weighted by Gasteiger charge is -2.14. The summed E-state index contributed by atoms with van der Waals surface area (Å²) in [6.45, 7) is 6.18. The summed E-state index contributed by atoms with van der Waals surface area (Å²) in [6.07, 6.45) is 12.2. The first kappa shape index (κ1) is 42.6. The van der Waals surface area contributed by atoms with Crippen LogP contribution < -0.4 is 30.7 Å². The molecule has 0 bridgehead atoms. The van der Waals surface area contributed by atoms with Crippen LogP contribution in [0.1, 0.15) is 73.7 Å². The number of hydrogen-bond donors (Lipinski definition) is 4. The molecular formula is C42H48F2N12O4. The molecule has 16 nitrogen and oxygen atoms in total. The van der Waals surface area contributed by atoms with Gasteiger partial charge in [-0.3, -0.25) is 19.0 Å². The number of ether oxygens (including phenoxy) is 2. The molecule has 2 aromatic carbocycles. The molecule has 314 valence electrons. The largest absolute Gasteiger partial charge is 0.494 e. The van der Waals surface area contributed by atoms with E-state index in [4.69, 9.17) is 9.47 Å². The summed E-state index contributed by atoms with van der Waals surface area (Å²) in [6, 6.07) is 5.75. The van der Waals surface area contributed by atoms with Crippen LogP contribution in [0.25, 0.3) is 0 Å². The summed E-state index contributed by atoms with van der Waals surface area (Å²) in [7, 11) is 6.10. The van der Waals surface area contributed by atoms with Crippen molar-refractivity contribution >= 4 is 35.1 Å². The average molecular weight is 823 g/mol. The van der Waals surface area contributed by atoms with Crippen LogP contribution in [0.15, 0.2) is 61.4 Å². The zero-order valence-corrected chi connectivity index (χ0v) is 34.6. The first-order valence-corrected chi connectivity index (χ1v) is 19.3. The highest BCUT2D eigenvalue weighted by molar-refractivity contribution is 5.95. The van der Waals surface area contributed by atoms with Crippen molar-refractivity contribution in [2.24, 2.45) is 7.05 Å².